The molecule has 0 aliphatic carbocycles. The molecule has 2 nitrogen and oxygen atoms in total. The van der Waals surface area contributed by atoms with Gasteiger partial charge in [-0.15, -0.1) is 0 Å². The fourth-order valence-corrected chi connectivity index (χ4v) is 2.07. The highest BCUT2D eigenvalue weighted by Gasteiger charge is 2.26. The molecular weight excluding hydrogens is 215 g/mol. The zero-order valence-corrected chi connectivity index (χ0v) is 9.17. The Morgan fingerprint density at radius 2 is 2.33 bits per heavy atom. The molecule has 1 aliphatic rings. The van der Waals surface area contributed by atoms with Gasteiger partial charge >= 0.3 is 0 Å². The minimum absolute atomic E-state index is 0.289. The maximum atomic E-state index is 12.8. The molecule has 0 bridgehead atoms. The van der Waals surface area contributed by atoms with E-state index in [0.29, 0.717) is 17.6 Å². The van der Waals surface area contributed by atoms with Crippen molar-refractivity contribution in [2.75, 3.05) is 13.1 Å². The van der Waals surface area contributed by atoms with Crippen LogP contribution in [0.3, 0.4) is 0 Å². The Morgan fingerprint density at radius 3 is 2.87 bits per heavy atom. The van der Waals surface area contributed by atoms with Gasteiger partial charge in [0.2, 0.25) is 0 Å². The van der Waals surface area contributed by atoms with E-state index >= 15 is 0 Å². The predicted octanol–water partition coefficient (Wildman–Crippen LogP) is 2.01. The van der Waals surface area contributed by atoms with E-state index in [1.54, 1.807) is 6.07 Å². The zero-order valence-electron chi connectivity index (χ0n) is 8.42. The molecule has 2 rings (SSSR count). The summed E-state index contributed by atoms with van der Waals surface area (Å²) in [5, 5.41) is 0.498. The van der Waals surface area contributed by atoms with Crippen molar-refractivity contribution in [1.82, 2.24) is 4.90 Å². The van der Waals surface area contributed by atoms with Crippen LogP contribution < -0.4 is 5.73 Å². The van der Waals surface area contributed by atoms with Crippen LogP contribution in [-0.2, 0) is 6.54 Å². The molecule has 0 radical (unpaired) electrons. The average molecular weight is 229 g/mol. The van der Waals surface area contributed by atoms with E-state index in [1.165, 1.54) is 12.1 Å². The molecule has 2 N–H and O–H groups in total. The lowest BCUT2D eigenvalue weighted by Gasteiger charge is -2.40. The zero-order chi connectivity index (χ0) is 10.8. The molecule has 1 aliphatic heterocycles. The van der Waals surface area contributed by atoms with Gasteiger partial charge in [0.15, 0.2) is 0 Å². The van der Waals surface area contributed by atoms with Gasteiger partial charge in [0, 0.05) is 30.7 Å². The van der Waals surface area contributed by atoms with Crippen LogP contribution in [0.2, 0.25) is 5.02 Å². The number of halogens is 2. The van der Waals surface area contributed by atoms with E-state index in [0.717, 1.165) is 25.1 Å². The summed E-state index contributed by atoms with van der Waals surface area (Å²) in [6.45, 7) is 2.50. The van der Waals surface area contributed by atoms with Gasteiger partial charge in [0.25, 0.3) is 0 Å². The molecule has 0 saturated carbocycles. The van der Waals surface area contributed by atoms with E-state index in [1.807, 2.05) is 0 Å². The van der Waals surface area contributed by atoms with Crippen molar-refractivity contribution >= 4 is 11.6 Å². The third-order valence-corrected chi connectivity index (χ3v) is 3.28. The normalized spacial score (nSPS) is 21.4. The van der Waals surface area contributed by atoms with Gasteiger partial charge in [-0.3, -0.25) is 4.90 Å². The van der Waals surface area contributed by atoms with E-state index in [4.69, 9.17) is 17.3 Å². The maximum absolute atomic E-state index is 12.8. The number of nitrogens with zero attached hydrogens (tertiary/aromatic N) is 1. The van der Waals surface area contributed by atoms with Crippen molar-refractivity contribution in [2.45, 2.75) is 19.0 Å². The molecule has 0 aromatic heterocycles. The summed E-state index contributed by atoms with van der Waals surface area (Å²) in [5.41, 5.74) is 6.57. The van der Waals surface area contributed by atoms with Crippen molar-refractivity contribution < 1.29 is 4.39 Å². The van der Waals surface area contributed by atoms with Gasteiger partial charge in [-0.25, -0.2) is 4.39 Å². The summed E-state index contributed by atoms with van der Waals surface area (Å²) >= 11 is 5.95. The van der Waals surface area contributed by atoms with Crippen LogP contribution in [0.4, 0.5) is 4.39 Å². The first kappa shape index (κ1) is 10.9. The van der Waals surface area contributed by atoms with Crippen LogP contribution in [0, 0.1) is 5.82 Å². The second-order valence-electron chi connectivity index (χ2n) is 3.88. The van der Waals surface area contributed by atoms with E-state index in [-0.39, 0.29) is 5.82 Å². The number of nitrogens with two attached hydrogens (primary N) is 1. The number of rotatable bonds is 3. The first-order chi connectivity index (χ1) is 7.20. The fraction of sp³-hybridized carbons (Fsp3) is 0.455. The molecule has 1 aromatic rings. The molecule has 1 aromatic carbocycles. The summed E-state index contributed by atoms with van der Waals surface area (Å²) in [4.78, 5) is 2.26. The van der Waals surface area contributed by atoms with E-state index in [2.05, 4.69) is 4.90 Å². The fourth-order valence-electron chi connectivity index (χ4n) is 1.84. The molecule has 1 fully saturated rings. The summed E-state index contributed by atoms with van der Waals surface area (Å²) < 4.78 is 12.8. The number of hydrogen-bond donors (Lipinski definition) is 1. The summed E-state index contributed by atoms with van der Waals surface area (Å²) in [6, 6.07) is 5.00. The molecular formula is C11H14ClFN2. The summed E-state index contributed by atoms with van der Waals surface area (Å²) in [6.07, 6.45) is 1.15. The van der Waals surface area contributed by atoms with Crippen LogP contribution in [0.25, 0.3) is 0 Å². The minimum atomic E-state index is -0.289. The van der Waals surface area contributed by atoms with Crippen molar-refractivity contribution in [2.24, 2.45) is 5.73 Å². The number of hydrogen-bond acceptors (Lipinski definition) is 2. The molecule has 1 saturated heterocycles. The van der Waals surface area contributed by atoms with Crippen LogP contribution in [0.1, 0.15) is 12.0 Å². The summed E-state index contributed by atoms with van der Waals surface area (Å²) in [7, 11) is 0. The van der Waals surface area contributed by atoms with Crippen LogP contribution >= 0.6 is 11.6 Å². The largest absolute Gasteiger partial charge is 0.329 e. The van der Waals surface area contributed by atoms with Crippen LogP contribution in [-0.4, -0.2) is 24.0 Å². The van der Waals surface area contributed by atoms with Gasteiger partial charge in [-0.2, -0.15) is 0 Å². The Hall–Kier alpha value is -0.640. The van der Waals surface area contributed by atoms with Crippen molar-refractivity contribution in [1.29, 1.82) is 0 Å². The van der Waals surface area contributed by atoms with E-state index in [9.17, 15) is 4.39 Å². The van der Waals surface area contributed by atoms with Crippen LogP contribution in [0.15, 0.2) is 18.2 Å². The molecule has 4 heteroatoms. The number of likely N-dealkylation sites (tertiary alicyclic amines) is 1. The molecule has 0 amide bonds. The topological polar surface area (TPSA) is 29.3 Å². The molecule has 1 unspecified atom stereocenters. The van der Waals surface area contributed by atoms with Gasteiger partial charge in [-0.1, -0.05) is 17.7 Å². The second-order valence-corrected chi connectivity index (χ2v) is 4.29. The Bertz CT molecular complexity index is 354. The average Bonchev–Trinajstić information content (AvgIpc) is 2.15. The quantitative estimate of drug-likeness (QED) is 0.858. The highest BCUT2D eigenvalue weighted by Crippen LogP contribution is 2.24. The molecule has 0 spiro atoms. The monoisotopic (exact) mass is 228 g/mol. The van der Waals surface area contributed by atoms with Crippen LogP contribution in [0.5, 0.6) is 0 Å². The van der Waals surface area contributed by atoms with Gasteiger partial charge < -0.3 is 5.73 Å². The first-order valence-electron chi connectivity index (χ1n) is 5.08. The van der Waals surface area contributed by atoms with Gasteiger partial charge in [0.05, 0.1) is 0 Å². The number of benzene rings is 1. The summed E-state index contributed by atoms with van der Waals surface area (Å²) in [5.74, 6) is -0.289. The van der Waals surface area contributed by atoms with Gasteiger partial charge in [0.1, 0.15) is 5.82 Å². The molecule has 1 atom stereocenters. The lowest BCUT2D eigenvalue weighted by Crippen LogP contribution is -2.50. The third kappa shape index (κ3) is 2.30. The standard InChI is InChI=1S/C11H14ClFN2/c12-11-5-9(13)2-1-8(11)7-15-4-3-10(15)6-14/h1-2,5,10H,3-4,6-7,14H2. The van der Waals surface area contributed by atoms with Crippen molar-refractivity contribution in [3.63, 3.8) is 0 Å². The molecule has 1 heterocycles. The first-order valence-corrected chi connectivity index (χ1v) is 5.46. The Kier molecular flexibility index (Phi) is 3.24. The Balaban J connectivity index is 2.04. The van der Waals surface area contributed by atoms with Gasteiger partial charge in [-0.05, 0) is 24.1 Å². The second kappa shape index (κ2) is 4.47. The third-order valence-electron chi connectivity index (χ3n) is 2.93. The highest BCUT2D eigenvalue weighted by molar-refractivity contribution is 6.31. The van der Waals surface area contributed by atoms with E-state index < -0.39 is 0 Å². The van der Waals surface area contributed by atoms with Crippen molar-refractivity contribution in [3.8, 4) is 0 Å². The van der Waals surface area contributed by atoms with Crippen molar-refractivity contribution in [3.05, 3.63) is 34.6 Å². The Morgan fingerprint density at radius 1 is 1.53 bits per heavy atom. The SMILES string of the molecule is NCC1CCN1Cc1ccc(F)cc1Cl. The molecule has 82 valence electrons. The minimum Gasteiger partial charge on any atom is -0.329 e. The predicted molar refractivity (Wildman–Crippen MR) is 59.3 cm³/mol. The Labute approximate surface area is 93.8 Å². The maximum Gasteiger partial charge on any atom is 0.124 e. The lowest BCUT2D eigenvalue weighted by molar-refractivity contribution is 0.0882. The molecule has 15 heavy (non-hydrogen) atoms. The smallest absolute Gasteiger partial charge is 0.124 e. The lowest BCUT2D eigenvalue weighted by atomic mass is 10.0. The highest BCUT2D eigenvalue weighted by atomic mass is 35.5.